The summed E-state index contributed by atoms with van der Waals surface area (Å²) in [6.45, 7) is 1.88. The highest BCUT2D eigenvalue weighted by molar-refractivity contribution is 9.11. The Morgan fingerprint density at radius 3 is 2.33 bits per heavy atom. The van der Waals surface area contributed by atoms with Gasteiger partial charge in [0, 0.05) is 0 Å². The molecule has 0 saturated carbocycles. The van der Waals surface area contributed by atoms with Gasteiger partial charge in [-0.05, 0) is 52.7 Å². The third-order valence-corrected chi connectivity index (χ3v) is 7.36. The van der Waals surface area contributed by atoms with Gasteiger partial charge in [-0.3, -0.25) is 9.52 Å². The smallest absolute Gasteiger partial charge is 0.271 e. The first-order valence-corrected chi connectivity index (χ1v) is 11.2. The molecule has 140 valence electrons. The van der Waals surface area contributed by atoms with E-state index in [1.807, 2.05) is 37.3 Å². The van der Waals surface area contributed by atoms with Crippen molar-refractivity contribution in [3.63, 3.8) is 0 Å². The lowest BCUT2D eigenvalue weighted by Crippen LogP contribution is -2.27. The maximum atomic E-state index is 12.7. The van der Waals surface area contributed by atoms with E-state index in [1.165, 1.54) is 6.07 Å². The molecular formula is C19H17BrN2O3S2. The average molecular weight is 465 g/mol. The lowest BCUT2D eigenvalue weighted by Gasteiger charge is -2.16. The summed E-state index contributed by atoms with van der Waals surface area (Å²) in [4.78, 5) is 12.7. The number of benzene rings is 2. The number of sulfonamides is 1. The van der Waals surface area contributed by atoms with Crippen LogP contribution >= 0.6 is 27.3 Å². The molecule has 1 amide bonds. The number of rotatable bonds is 6. The molecule has 0 aliphatic carbocycles. The van der Waals surface area contributed by atoms with Gasteiger partial charge in [0.25, 0.3) is 15.9 Å². The summed E-state index contributed by atoms with van der Waals surface area (Å²) in [5, 5.41) is 2.90. The minimum Gasteiger partial charge on any atom is -0.345 e. The van der Waals surface area contributed by atoms with Gasteiger partial charge in [0.05, 0.1) is 21.1 Å². The number of thiophene rings is 1. The molecule has 1 heterocycles. The summed E-state index contributed by atoms with van der Waals surface area (Å²) < 4.78 is 28.6. The highest BCUT2D eigenvalue weighted by atomic mass is 79.9. The van der Waals surface area contributed by atoms with Crippen LogP contribution in [-0.4, -0.2) is 14.3 Å². The van der Waals surface area contributed by atoms with Crippen LogP contribution in [0.15, 0.2) is 74.7 Å². The second-order valence-corrected chi connectivity index (χ2v) is 10.2. The Labute approximate surface area is 170 Å². The summed E-state index contributed by atoms with van der Waals surface area (Å²) in [6, 6.07) is 19.1. The van der Waals surface area contributed by atoms with Crippen LogP contribution in [0.2, 0.25) is 0 Å². The molecule has 5 nitrogen and oxygen atoms in total. The normalized spacial score (nSPS) is 12.4. The maximum absolute atomic E-state index is 12.7. The molecule has 0 saturated heterocycles. The van der Waals surface area contributed by atoms with Crippen molar-refractivity contribution in [2.24, 2.45) is 0 Å². The first-order chi connectivity index (χ1) is 12.9. The predicted molar refractivity (Wildman–Crippen MR) is 112 cm³/mol. The standard InChI is InChI=1S/C19H17BrN2O3S2/c1-13(14-7-3-2-4-8-14)21-19(23)15-9-5-6-10-16(15)22-27(24,25)18-12-11-17(20)26-18/h2-13,22H,1H3,(H,21,23)/t13-/m1/s1. The molecule has 0 fully saturated rings. The number of hydrogen-bond acceptors (Lipinski definition) is 4. The fourth-order valence-corrected chi connectivity index (χ4v) is 5.60. The van der Waals surface area contributed by atoms with Gasteiger partial charge < -0.3 is 5.32 Å². The van der Waals surface area contributed by atoms with Gasteiger partial charge in [-0.1, -0.05) is 42.5 Å². The molecule has 0 bridgehead atoms. The number of amides is 1. The molecular weight excluding hydrogens is 448 g/mol. The Bertz CT molecular complexity index is 1050. The van der Waals surface area contributed by atoms with Gasteiger partial charge >= 0.3 is 0 Å². The van der Waals surface area contributed by atoms with E-state index in [-0.39, 0.29) is 27.4 Å². The van der Waals surface area contributed by atoms with Crippen LogP contribution in [0.4, 0.5) is 5.69 Å². The van der Waals surface area contributed by atoms with Crippen molar-refractivity contribution >= 4 is 48.9 Å². The zero-order chi connectivity index (χ0) is 19.4. The largest absolute Gasteiger partial charge is 0.345 e. The van der Waals surface area contributed by atoms with Gasteiger partial charge in [0.1, 0.15) is 4.21 Å². The minimum absolute atomic E-state index is 0.169. The van der Waals surface area contributed by atoms with Crippen molar-refractivity contribution in [2.45, 2.75) is 17.2 Å². The van der Waals surface area contributed by atoms with Crippen LogP contribution in [0.25, 0.3) is 0 Å². The van der Waals surface area contributed by atoms with E-state index < -0.39 is 10.0 Å². The van der Waals surface area contributed by atoms with Crippen molar-refractivity contribution in [3.8, 4) is 0 Å². The summed E-state index contributed by atoms with van der Waals surface area (Å²) in [6.07, 6.45) is 0. The Morgan fingerprint density at radius 1 is 1.00 bits per heavy atom. The zero-order valence-electron chi connectivity index (χ0n) is 14.3. The van der Waals surface area contributed by atoms with E-state index >= 15 is 0 Å². The molecule has 1 atom stereocenters. The number of carbonyl (C=O) groups excluding carboxylic acids is 1. The Balaban J connectivity index is 1.82. The Kier molecular flexibility index (Phi) is 5.98. The van der Waals surface area contributed by atoms with Crippen molar-refractivity contribution < 1.29 is 13.2 Å². The van der Waals surface area contributed by atoms with Gasteiger partial charge in [0.2, 0.25) is 0 Å². The van der Waals surface area contributed by atoms with Gasteiger partial charge in [0.15, 0.2) is 0 Å². The lowest BCUT2D eigenvalue weighted by atomic mass is 10.1. The molecule has 0 aliphatic rings. The number of para-hydroxylation sites is 1. The molecule has 0 aliphatic heterocycles. The minimum atomic E-state index is -3.77. The van der Waals surface area contributed by atoms with Crippen LogP contribution in [0, 0.1) is 0 Å². The quantitative estimate of drug-likeness (QED) is 0.549. The first kappa shape index (κ1) is 19.6. The predicted octanol–water partition coefficient (Wildman–Crippen LogP) is 4.80. The number of nitrogens with one attached hydrogen (secondary N) is 2. The van der Waals surface area contributed by atoms with E-state index in [0.29, 0.717) is 3.79 Å². The highest BCUT2D eigenvalue weighted by Gasteiger charge is 2.21. The average Bonchev–Trinajstić information content (AvgIpc) is 3.10. The molecule has 0 radical (unpaired) electrons. The SMILES string of the molecule is C[C@@H](NC(=O)c1ccccc1NS(=O)(=O)c1ccc(Br)s1)c1ccccc1. The lowest BCUT2D eigenvalue weighted by molar-refractivity contribution is 0.0941. The molecule has 2 aromatic carbocycles. The fourth-order valence-electron chi connectivity index (χ4n) is 2.51. The second-order valence-electron chi connectivity index (χ2n) is 5.82. The number of hydrogen-bond donors (Lipinski definition) is 2. The van der Waals surface area contributed by atoms with Gasteiger partial charge in [-0.2, -0.15) is 0 Å². The van der Waals surface area contributed by atoms with Crippen molar-refractivity contribution in [2.75, 3.05) is 4.72 Å². The third-order valence-electron chi connectivity index (χ3n) is 3.88. The van der Waals surface area contributed by atoms with Crippen LogP contribution < -0.4 is 10.0 Å². The van der Waals surface area contributed by atoms with Crippen LogP contribution in [0.1, 0.15) is 28.9 Å². The van der Waals surface area contributed by atoms with Crippen molar-refractivity contribution in [3.05, 3.63) is 81.6 Å². The second kappa shape index (κ2) is 8.24. The summed E-state index contributed by atoms with van der Waals surface area (Å²) in [5.74, 6) is -0.350. The fraction of sp³-hybridized carbons (Fsp3) is 0.105. The molecule has 0 spiro atoms. The molecule has 27 heavy (non-hydrogen) atoms. The Morgan fingerprint density at radius 2 is 1.67 bits per heavy atom. The van der Waals surface area contributed by atoms with Crippen LogP contribution in [-0.2, 0) is 10.0 Å². The van der Waals surface area contributed by atoms with E-state index in [2.05, 4.69) is 26.0 Å². The molecule has 1 aromatic heterocycles. The van der Waals surface area contributed by atoms with E-state index in [0.717, 1.165) is 16.9 Å². The van der Waals surface area contributed by atoms with E-state index in [1.54, 1.807) is 30.3 Å². The van der Waals surface area contributed by atoms with Crippen LogP contribution in [0.5, 0.6) is 0 Å². The molecule has 3 rings (SSSR count). The highest BCUT2D eigenvalue weighted by Crippen LogP contribution is 2.28. The number of anilines is 1. The number of carbonyl (C=O) groups is 1. The van der Waals surface area contributed by atoms with E-state index in [9.17, 15) is 13.2 Å². The van der Waals surface area contributed by atoms with Crippen molar-refractivity contribution in [1.82, 2.24) is 5.32 Å². The molecule has 8 heteroatoms. The molecule has 3 aromatic rings. The number of halogens is 1. The first-order valence-electron chi connectivity index (χ1n) is 8.10. The Hall–Kier alpha value is -2.16. The van der Waals surface area contributed by atoms with Gasteiger partial charge in [-0.25, -0.2) is 8.42 Å². The van der Waals surface area contributed by atoms with E-state index in [4.69, 9.17) is 0 Å². The zero-order valence-corrected chi connectivity index (χ0v) is 17.6. The van der Waals surface area contributed by atoms with Crippen LogP contribution in [0.3, 0.4) is 0 Å². The molecule has 0 unspecified atom stereocenters. The summed E-state index contributed by atoms with van der Waals surface area (Å²) in [5.41, 5.74) is 1.46. The third kappa shape index (κ3) is 4.77. The maximum Gasteiger partial charge on any atom is 0.271 e. The topological polar surface area (TPSA) is 75.3 Å². The monoisotopic (exact) mass is 464 g/mol. The van der Waals surface area contributed by atoms with Gasteiger partial charge in [-0.15, -0.1) is 11.3 Å². The van der Waals surface area contributed by atoms with Crippen molar-refractivity contribution in [1.29, 1.82) is 0 Å². The summed E-state index contributed by atoms with van der Waals surface area (Å²) in [7, 11) is -3.77. The molecule has 2 N–H and O–H groups in total. The summed E-state index contributed by atoms with van der Waals surface area (Å²) >= 11 is 4.36.